The smallest absolute Gasteiger partial charge is 0.237 e. The first-order valence-corrected chi connectivity index (χ1v) is 9.01. The number of carbonyl (C=O) groups is 1. The molecule has 0 aromatic heterocycles. The maximum Gasteiger partial charge on any atom is 0.237 e. The van der Waals surface area contributed by atoms with Crippen LogP contribution in [0.2, 0.25) is 0 Å². The van der Waals surface area contributed by atoms with Crippen LogP contribution >= 0.6 is 0 Å². The van der Waals surface area contributed by atoms with Crippen LogP contribution in [0.15, 0.2) is 30.3 Å². The maximum absolute atomic E-state index is 12.4. The Morgan fingerprint density at radius 3 is 2.79 bits per heavy atom. The average molecular weight is 332 g/mol. The van der Waals surface area contributed by atoms with Crippen molar-refractivity contribution in [2.75, 3.05) is 32.8 Å². The Balaban J connectivity index is 1.46. The number of nitrogens with one attached hydrogen (secondary N) is 1. The summed E-state index contributed by atoms with van der Waals surface area (Å²) in [6.45, 7) is 5.71. The summed E-state index contributed by atoms with van der Waals surface area (Å²) in [7, 11) is 0. The van der Waals surface area contributed by atoms with Gasteiger partial charge >= 0.3 is 0 Å². The SMILES string of the molecule is CC(C(=O)NCC1CCCO1)N1CCOC(Cc2ccccc2)C1. The van der Waals surface area contributed by atoms with Gasteiger partial charge in [-0.15, -0.1) is 0 Å². The van der Waals surface area contributed by atoms with E-state index < -0.39 is 0 Å². The molecule has 1 amide bonds. The predicted octanol–water partition coefficient (Wildman–Crippen LogP) is 1.61. The van der Waals surface area contributed by atoms with Crippen molar-refractivity contribution >= 4 is 5.91 Å². The topological polar surface area (TPSA) is 50.8 Å². The normalized spacial score (nSPS) is 26.2. The quantitative estimate of drug-likeness (QED) is 0.860. The second kappa shape index (κ2) is 8.60. The zero-order valence-corrected chi connectivity index (χ0v) is 14.4. The minimum atomic E-state index is -0.131. The third kappa shape index (κ3) is 4.79. The molecule has 2 aliphatic rings. The van der Waals surface area contributed by atoms with Crippen LogP contribution in [0.3, 0.4) is 0 Å². The molecule has 132 valence electrons. The molecule has 2 fully saturated rings. The average Bonchev–Trinajstić information content (AvgIpc) is 3.14. The van der Waals surface area contributed by atoms with Gasteiger partial charge in [0, 0.05) is 26.2 Å². The van der Waals surface area contributed by atoms with E-state index in [-0.39, 0.29) is 24.2 Å². The van der Waals surface area contributed by atoms with Crippen molar-refractivity contribution in [2.24, 2.45) is 0 Å². The number of nitrogens with zero attached hydrogens (tertiary/aromatic N) is 1. The van der Waals surface area contributed by atoms with E-state index in [4.69, 9.17) is 9.47 Å². The molecule has 2 heterocycles. The van der Waals surface area contributed by atoms with E-state index in [1.807, 2.05) is 13.0 Å². The molecule has 2 aliphatic heterocycles. The van der Waals surface area contributed by atoms with Gasteiger partial charge in [-0.1, -0.05) is 30.3 Å². The Morgan fingerprint density at radius 2 is 2.04 bits per heavy atom. The fourth-order valence-electron chi connectivity index (χ4n) is 3.43. The molecule has 5 nitrogen and oxygen atoms in total. The molecule has 24 heavy (non-hydrogen) atoms. The number of ether oxygens (including phenoxy) is 2. The number of hydrogen-bond acceptors (Lipinski definition) is 4. The summed E-state index contributed by atoms with van der Waals surface area (Å²) in [4.78, 5) is 14.6. The maximum atomic E-state index is 12.4. The molecule has 0 aliphatic carbocycles. The van der Waals surface area contributed by atoms with Gasteiger partial charge in [0.2, 0.25) is 5.91 Å². The van der Waals surface area contributed by atoms with Crippen LogP contribution in [0.5, 0.6) is 0 Å². The van der Waals surface area contributed by atoms with Crippen LogP contribution in [0, 0.1) is 0 Å². The van der Waals surface area contributed by atoms with Gasteiger partial charge in [-0.3, -0.25) is 9.69 Å². The summed E-state index contributed by atoms with van der Waals surface area (Å²) in [6, 6.07) is 10.3. The van der Waals surface area contributed by atoms with E-state index >= 15 is 0 Å². The molecule has 1 N–H and O–H groups in total. The largest absolute Gasteiger partial charge is 0.376 e. The zero-order chi connectivity index (χ0) is 16.8. The van der Waals surface area contributed by atoms with Crippen LogP contribution in [-0.4, -0.2) is 61.9 Å². The third-order valence-corrected chi connectivity index (χ3v) is 4.93. The van der Waals surface area contributed by atoms with Crippen LogP contribution in [0.4, 0.5) is 0 Å². The van der Waals surface area contributed by atoms with Crippen LogP contribution in [0.1, 0.15) is 25.3 Å². The van der Waals surface area contributed by atoms with E-state index in [2.05, 4.69) is 34.5 Å². The second-order valence-corrected chi connectivity index (χ2v) is 6.73. The molecule has 3 atom stereocenters. The van der Waals surface area contributed by atoms with Crippen molar-refractivity contribution in [1.82, 2.24) is 10.2 Å². The number of amides is 1. The highest BCUT2D eigenvalue weighted by Gasteiger charge is 2.28. The lowest BCUT2D eigenvalue weighted by Gasteiger charge is -2.36. The first-order chi connectivity index (χ1) is 11.7. The summed E-state index contributed by atoms with van der Waals surface area (Å²) >= 11 is 0. The van der Waals surface area contributed by atoms with Gasteiger partial charge in [-0.25, -0.2) is 0 Å². The molecule has 0 radical (unpaired) electrons. The molecule has 0 bridgehead atoms. The Morgan fingerprint density at radius 1 is 1.25 bits per heavy atom. The van der Waals surface area contributed by atoms with Crippen LogP contribution in [-0.2, 0) is 20.7 Å². The highest BCUT2D eigenvalue weighted by molar-refractivity contribution is 5.81. The predicted molar refractivity (Wildman–Crippen MR) is 92.9 cm³/mol. The van der Waals surface area contributed by atoms with Crippen molar-refractivity contribution in [3.63, 3.8) is 0 Å². The Kier molecular flexibility index (Phi) is 6.24. The molecular formula is C19H28N2O3. The van der Waals surface area contributed by atoms with Gasteiger partial charge < -0.3 is 14.8 Å². The van der Waals surface area contributed by atoms with Gasteiger partial charge in [0.05, 0.1) is 24.9 Å². The van der Waals surface area contributed by atoms with E-state index in [0.717, 1.165) is 39.0 Å². The molecule has 1 aromatic rings. The fourth-order valence-corrected chi connectivity index (χ4v) is 3.43. The minimum Gasteiger partial charge on any atom is -0.376 e. The molecular weight excluding hydrogens is 304 g/mol. The van der Waals surface area contributed by atoms with Crippen LogP contribution in [0.25, 0.3) is 0 Å². The van der Waals surface area contributed by atoms with Crippen LogP contribution < -0.4 is 5.32 Å². The molecule has 0 saturated carbocycles. The molecule has 3 rings (SSSR count). The molecule has 3 unspecified atom stereocenters. The number of carbonyl (C=O) groups excluding carboxylic acids is 1. The van der Waals surface area contributed by atoms with Crippen molar-refractivity contribution in [1.29, 1.82) is 0 Å². The first kappa shape index (κ1) is 17.4. The van der Waals surface area contributed by atoms with E-state index in [1.165, 1.54) is 5.56 Å². The van der Waals surface area contributed by atoms with Gasteiger partial charge in [-0.2, -0.15) is 0 Å². The Hall–Kier alpha value is -1.43. The molecule has 0 spiro atoms. The summed E-state index contributed by atoms with van der Waals surface area (Å²) in [5, 5.41) is 3.04. The monoisotopic (exact) mass is 332 g/mol. The lowest BCUT2D eigenvalue weighted by molar-refractivity contribution is -0.129. The standard InChI is InChI=1S/C19H28N2O3/c1-15(19(22)20-13-17-8-5-10-23-17)21-9-11-24-18(14-21)12-16-6-3-2-4-7-16/h2-4,6-7,15,17-18H,5,8-14H2,1H3,(H,20,22). The minimum absolute atomic E-state index is 0.0888. The lowest BCUT2D eigenvalue weighted by Crippen LogP contribution is -2.53. The number of rotatable bonds is 6. The molecule has 1 aromatic carbocycles. The highest BCUT2D eigenvalue weighted by atomic mass is 16.5. The number of benzene rings is 1. The van der Waals surface area contributed by atoms with E-state index in [0.29, 0.717) is 13.2 Å². The number of hydrogen-bond donors (Lipinski definition) is 1. The summed E-state index contributed by atoms with van der Waals surface area (Å²) in [5.41, 5.74) is 1.28. The second-order valence-electron chi connectivity index (χ2n) is 6.73. The van der Waals surface area contributed by atoms with Gasteiger partial charge in [0.15, 0.2) is 0 Å². The zero-order valence-electron chi connectivity index (χ0n) is 14.4. The van der Waals surface area contributed by atoms with Gasteiger partial charge in [0.25, 0.3) is 0 Å². The van der Waals surface area contributed by atoms with Crippen molar-refractivity contribution < 1.29 is 14.3 Å². The summed E-state index contributed by atoms with van der Waals surface area (Å²) in [5.74, 6) is 0.0888. The molecule has 5 heteroatoms. The fraction of sp³-hybridized carbons (Fsp3) is 0.632. The highest BCUT2D eigenvalue weighted by Crippen LogP contribution is 2.15. The van der Waals surface area contributed by atoms with E-state index in [1.54, 1.807) is 0 Å². The lowest BCUT2D eigenvalue weighted by atomic mass is 10.1. The van der Waals surface area contributed by atoms with Crippen molar-refractivity contribution in [3.05, 3.63) is 35.9 Å². The van der Waals surface area contributed by atoms with Gasteiger partial charge in [0.1, 0.15) is 0 Å². The Bertz CT molecular complexity index is 517. The van der Waals surface area contributed by atoms with Gasteiger partial charge in [-0.05, 0) is 31.7 Å². The Labute approximate surface area is 144 Å². The molecule has 2 saturated heterocycles. The van der Waals surface area contributed by atoms with E-state index in [9.17, 15) is 4.79 Å². The van der Waals surface area contributed by atoms with Crippen molar-refractivity contribution in [3.8, 4) is 0 Å². The van der Waals surface area contributed by atoms with Crippen molar-refractivity contribution in [2.45, 2.75) is 44.4 Å². The third-order valence-electron chi connectivity index (χ3n) is 4.93. The summed E-state index contributed by atoms with van der Waals surface area (Å²) in [6.07, 6.45) is 3.37. The first-order valence-electron chi connectivity index (χ1n) is 9.01. The number of morpholine rings is 1. The summed E-state index contributed by atoms with van der Waals surface area (Å²) < 4.78 is 11.5.